The molecule has 1 aliphatic heterocycles. The summed E-state index contributed by atoms with van der Waals surface area (Å²) in [6, 6.07) is 0.799. The molecule has 1 heteroatoms. The van der Waals surface area contributed by atoms with Crippen LogP contribution in [0.1, 0.15) is 40.0 Å². The number of nitrogens with one attached hydrogen (secondary N) is 1. The summed E-state index contributed by atoms with van der Waals surface area (Å²) in [7, 11) is 0. The van der Waals surface area contributed by atoms with Crippen molar-refractivity contribution in [1.82, 2.24) is 5.32 Å². The minimum Gasteiger partial charge on any atom is -0.313 e. The zero-order valence-electron chi connectivity index (χ0n) is 7.41. The van der Waals surface area contributed by atoms with Crippen molar-refractivity contribution in [3.8, 4) is 0 Å². The molecule has 1 unspecified atom stereocenters. The molecule has 1 saturated heterocycles. The van der Waals surface area contributed by atoms with Crippen LogP contribution in [0.5, 0.6) is 0 Å². The Bertz CT molecular complexity index is 97.3. The van der Waals surface area contributed by atoms with Crippen LogP contribution >= 0.6 is 0 Å². The fourth-order valence-electron chi connectivity index (χ4n) is 1.52. The zero-order valence-corrected chi connectivity index (χ0v) is 7.41. The van der Waals surface area contributed by atoms with E-state index < -0.39 is 0 Å². The average Bonchev–Trinajstić information content (AvgIpc) is 1.88. The zero-order chi connectivity index (χ0) is 7.61. The Morgan fingerprint density at radius 1 is 1.50 bits per heavy atom. The lowest BCUT2D eigenvalue weighted by Crippen LogP contribution is -2.42. The second-order valence-electron chi connectivity index (χ2n) is 4.19. The molecule has 1 nitrogen and oxygen atoms in total. The minimum atomic E-state index is 0.547. The van der Waals surface area contributed by atoms with E-state index in [0.717, 1.165) is 6.04 Å². The van der Waals surface area contributed by atoms with Gasteiger partial charge in [0.1, 0.15) is 0 Å². The minimum absolute atomic E-state index is 0.547. The third-order valence-corrected chi connectivity index (χ3v) is 2.53. The van der Waals surface area contributed by atoms with Crippen LogP contribution in [-0.2, 0) is 0 Å². The monoisotopic (exact) mass is 141 g/mol. The van der Waals surface area contributed by atoms with Gasteiger partial charge in [-0.15, -0.1) is 0 Å². The van der Waals surface area contributed by atoms with Gasteiger partial charge in [0.05, 0.1) is 0 Å². The normalized spacial score (nSPS) is 32.1. The highest BCUT2D eigenvalue weighted by molar-refractivity contribution is 4.82. The van der Waals surface area contributed by atoms with Crippen LogP contribution in [0.25, 0.3) is 0 Å². The Hall–Kier alpha value is -0.0400. The molecule has 1 heterocycles. The Morgan fingerprint density at radius 3 is 2.60 bits per heavy atom. The summed E-state index contributed by atoms with van der Waals surface area (Å²) in [6.45, 7) is 8.14. The average molecular weight is 141 g/mol. The first-order chi connectivity index (χ1) is 4.64. The van der Waals surface area contributed by atoms with Gasteiger partial charge in [-0.2, -0.15) is 0 Å². The van der Waals surface area contributed by atoms with Gasteiger partial charge in [-0.1, -0.05) is 20.8 Å². The van der Waals surface area contributed by atoms with Gasteiger partial charge in [-0.3, -0.25) is 0 Å². The fourth-order valence-corrected chi connectivity index (χ4v) is 1.52. The molecule has 0 aromatic rings. The van der Waals surface area contributed by atoms with Crippen LogP contribution in [0.15, 0.2) is 0 Å². The Morgan fingerprint density at radius 2 is 2.20 bits per heavy atom. The predicted octanol–water partition coefficient (Wildman–Crippen LogP) is 2.17. The summed E-state index contributed by atoms with van der Waals surface area (Å²) < 4.78 is 0. The SMILES string of the molecule is CCC1CCC(C)(C)CN1. The van der Waals surface area contributed by atoms with Gasteiger partial charge in [0.25, 0.3) is 0 Å². The van der Waals surface area contributed by atoms with Crippen molar-refractivity contribution in [3.63, 3.8) is 0 Å². The van der Waals surface area contributed by atoms with Crippen LogP contribution in [0, 0.1) is 5.41 Å². The van der Waals surface area contributed by atoms with Crippen molar-refractivity contribution in [3.05, 3.63) is 0 Å². The van der Waals surface area contributed by atoms with Crippen molar-refractivity contribution >= 4 is 0 Å². The lowest BCUT2D eigenvalue weighted by molar-refractivity contribution is 0.219. The Labute approximate surface area is 64.2 Å². The summed E-state index contributed by atoms with van der Waals surface area (Å²) in [4.78, 5) is 0. The van der Waals surface area contributed by atoms with E-state index >= 15 is 0 Å². The van der Waals surface area contributed by atoms with E-state index in [0.29, 0.717) is 5.41 Å². The quantitative estimate of drug-likeness (QED) is 0.590. The highest BCUT2D eigenvalue weighted by Crippen LogP contribution is 2.26. The summed E-state index contributed by atoms with van der Waals surface area (Å²) in [5.74, 6) is 0. The standard InChI is InChI=1S/C9H19N/c1-4-8-5-6-9(2,3)7-10-8/h8,10H,4-7H2,1-3H3. The Balaban J connectivity index is 2.31. The van der Waals surface area contributed by atoms with E-state index in [4.69, 9.17) is 0 Å². The second kappa shape index (κ2) is 2.91. The highest BCUT2D eigenvalue weighted by atomic mass is 14.9. The third-order valence-electron chi connectivity index (χ3n) is 2.53. The van der Waals surface area contributed by atoms with Crippen molar-refractivity contribution < 1.29 is 0 Å². The lowest BCUT2D eigenvalue weighted by Gasteiger charge is -2.34. The topological polar surface area (TPSA) is 12.0 Å². The molecular weight excluding hydrogens is 122 g/mol. The lowest BCUT2D eigenvalue weighted by atomic mass is 9.82. The first-order valence-electron chi connectivity index (χ1n) is 4.37. The number of hydrogen-bond acceptors (Lipinski definition) is 1. The van der Waals surface area contributed by atoms with Crippen LogP contribution in [0.2, 0.25) is 0 Å². The number of hydrogen-bond donors (Lipinski definition) is 1. The van der Waals surface area contributed by atoms with Crippen molar-refractivity contribution in [2.24, 2.45) is 5.41 Å². The largest absolute Gasteiger partial charge is 0.313 e. The molecule has 1 aliphatic rings. The maximum absolute atomic E-state index is 3.56. The summed E-state index contributed by atoms with van der Waals surface area (Å²) in [6.07, 6.45) is 4.04. The molecule has 1 rings (SSSR count). The second-order valence-corrected chi connectivity index (χ2v) is 4.19. The summed E-state index contributed by atoms with van der Waals surface area (Å²) in [5.41, 5.74) is 0.547. The van der Waals surface area contributed by atoms with Gasteiger partial charge in [0, 0.05) is 12.6 Å². The molecule has 10 heavy (non-hydrogen) atoms. The molecular formula is C9H19N. The molecule has 0 saturated carbocycles. The van der Waals surface area contributed by atoms with Gasteiger partial charge >= 0.3 is 0 Å². The predicted molar refractivity (Wildman–Crippen MR) is 45.1 cm³/mol. The molecule has 0 aromatic carbocycles. The van der Waals surface area contributed by atoms with Crippen LogP contribution in [-0.4, -0.2) is 12.6 Å². The number of rotatable bonds is 1. The molecule has 1 atom stereocenters. The molecule has 0 spiro atoms. The van der Waals surface area contributed by atoms with E-state index in [2.05, 4.69) is 26.1 Å². The molecule has 0 aliphatic carbocycles. The fraction of sp³-hybridized carbons (Fsp3) is 1.00. The van der Waals surface area contributed by atoms with E-state index in [9.17, 15) is 0 Å². The van der Waals surface area contributed by atoms with E-state index in [1.54, 1.807) is 0 Å². The third kappa shape index (κ3) is 1.98. The molecule has 0 aromatic heterocycles. The molecule has 60 valence electrons. The first-order valence-corrected chi connectivity index (χ1v) is 4.37. The van der Waals surface area contributed by atoms with Crippen molar-refractivity contribution in [2.45, 2.75) is 46.1 Å². The maximum Gasteiger partial charge on any atom is 0.00648 e. The van der Waals surface area contributed by atoms with Crippen LogP contribution in [0.4, 0.5) is 0 Å². The highest BCUT2D eigenvalue weighted by Gasteiger charge is 2.24. The van der Waals surface area contributed by atoms with Crippen LogP contribution in [0.3, 0.4) is 0 Å². The van der Waals surface area contributed by atoms with Gasteiger partial charge in [0.2, 0.25) is 0 Å². The van der Waals surface area contributed by atoms with Crippen molar-refractivity contribution in [1.29, 1.82) is 0 Å². The molecule has 0 amide bonds. The van der Waals surface area contributed by atoms with Gasteiger partial charge in [-0.05, 0) is 24.7 Å². The van der Waals surface area contributed by atoms with Gasteiger partial charge in [0.15, 0.2) is 0 Å². The smallest absolute Gasteiger partial charge is 0.00648 e. The van der Waals surface area contributed by atoms with Gasteiger partial charge in [-0.25, -0.2) is 0 Å². The number of piperidine rings is 1. The van der Waals surface area contributed by atoms with E-state index in [1.165, 1.54) is 25.8 Å². The summed E-state index contributed by atoms with van der Waals surface area (Å²) in [5, 5.41) is 3.56. The maximum atomic E-state index is 3.56. The van der Waals surface area contributed by atoms with Crippen molar-refractivity contribution in [2.75, 3.05) is 6.54 Å². The molecule has 0 bridgehead atoms. The molecule has 1 fully saturated rings. The Kier molecular flexibility index (Phi) is 2.35. The summed E-state index contributed by atoms with van der Waals surface area (Å²) >= 11 is 0. The van der Waals surface area contributed by atoms with E-state index in [1.807, 2.05) is 0 Å². The van der Waals surface area contributed by atoms with Crippen LogP contribution < -0.4 is 5.32 Å². The first kappa shape index (κ1) is 8.06. The van der Waals surface area contributed by atoms with E-state index in [-0.39, 0.29) is 0 Å². The molecule has 1 N–H and O–H groups in total. The molecule has 0 radical (unpaired) electrons. The van der Waals surface area contributed by atoms with Gasteiger partial charge < -0.3 is 5.32 Å².